The summed E-state index contributed by atoms with van der Waals surface area (Å²) in [5, 5.41) is 3.78. The minimum atomic E-state index is -0.671. The van der Waals surface area contributed by atoms with Crippen molar-refractivity contribution in [3.8, 4) is 0 Å². The van der Waals surface area contributed by atoms with Gasteiger partial charge in [-0.2, -0.15) is 0 Å². The van der Waals surface area contributed by atoms with Crippen LogP contribution in [0.4, 0.5) is 4.79 Å². The molecule has 0 spiro atoms. The Morgan fingerprint density at radius 3 is 2.78 bits per heavy atom. The molecule has 32 heavy (non-hydrogen) atoms. The van der Waals surface area contributed by atoms with Gasteiger partial charge in [0, 0.05) is 30.6 Å². The number of urea groups is 1. The van der Waals surface area contributed by atoms with E-state index in [1.54, 1.807) is 11.9 Å². The second-order valence-corrected chi connectivity index (χ2v) is 8.60. The standard InChI is InChI=1S/C25H26N4O3/c1-28(22-12-6-8-16-7-2-3-10-19(16)22)23(30)15-29-24(31)21(27-25(29)32)13-17-14-26-20-11-5-4-9-18(17)20/h2-5,7,9-11,14,21-22,26H,6,8,12-13,15H2,1H3,(H,27,32)/t21-,22-/m0/s1. The molecule has 7 heteroatoms. The molecular formula is C25H26N4O3. The fraction of sp³-hybridized carbons (Fsp3) is 0.320. The molecule has 0 bridgehead atoms. The molecule has 7 nitrogen and oxygen atoms in total. The Morgan fingerprint density at radius 2 is 1.91 bits per heavy atom. The molecule has 1 aliphatic heterocycles. The largest absolute Gasteiger partial charge is 0.361 e. The number of para-hydroxylation sites is 1. The van der Waals surface area contributed by atoms with Gasteiger partial charge in [-0.25, -0.2) is 4.79 Å². The summed E-state index contributed by atoms with van der Waals surface area (Å²) >= 11 is 0. The van der Waals surface area contributed by atoms with E-state index in [1.165, 1.54) is 5.56 Å². The molecule has 164 valence electrons. The second kappa shape index (κ2) is 8.15. The zero-order chi connectivity index (χ0) is 22.2. The van der Waals surface area contributed by atoms with Crippen molar-refractivity contribution >= 4 is 28.7 Å². The maximum Gasteiger partial charge on any atom is 0.325 e. The number of nitrogens with zero attached hydrogens (tertiary/aromatic N) is 2. The number of benzene rings is 2. The van der Waals surface area contributed by atoms with E-state index in [-0.39, 0.29) is 24.4 Å². The lowest BCUT2D eigenvalue weighted by Gasteiger charge is -2.34. The van der Waals surface area contributed by atoms with Gasteiger partial charge in [0.05, 0.1) is 6.04 Å². The first kappa shape index (κ1) is 20.3. The third kappa shape index (κ3) is 3.53. The second-order valence-electron chi connectivity index (χ2n) is 8.60. The van der Waals surface area contributed by atoms with Crippen molar-refractivity contribution < 1.29 is 14.4 Å². The molecule has 2 heterocycles. The van der Waals surface area contributed by atoms with Gasteiger partial charge >= 0.3 is 6.03 Å². The first-order valence-electron chi connectivity index (χ1n) is 11.0. The van der Waals surface area contributed by atoms with Gasteiger partial charge in [-0.3, -0.25) is 14.5 Å². The number of aromatic amines is 1. The number of carbonyl (C=O) groups is 3. The van der Waals surface area contributed by atoms with E-state index in [1.807, 2.05) is 42.6 Å². The van der Waals surface area contributed by atoms with E-state index >= 15 is 0 Å². The number of hydrogen-bond donors (Lipinski definition) is 2. The molecule has 1 aromatic heterocycles. The van der Waals surface area contributed by atoms with Gasteiger partial charge in [-0.15, -0.1) is 0 Å². The molecule has 5 rings (SSSR count). The Morgan fingerprint density at radius 1 is 1.12 bits per heavy atom. The summed E-state index contributed by atoms with van der Waals surface area (Å²) in [4.78, 5) is 44.5. The maximum absolute atomic E-state index is 13.0. The Bertz CT molecular complexity index is 1200. The number of hydrogen-bond acceptors (Lipinski definition) is 3. The summed E-state index contributed by atoms with van der Waals surface area (Å²) < 4.78 is 0. The van der Waals surface area contributed by atoms with Crippen molar-refractivity contribution in [1.29, 1.82) is 0 Å². The Kier molecular flexibility index (Phi) is 5.17. The van der Waals surface area contributed by atoms with Gasteiger partial charge in [0.1, 0.15) is 12.6 Å². The van der Waals surface area contributed by atoms with Crippen LogP contribution in [0.25, 0.3) is 10.9 Å². The van der Waals surface area contributed by atoms with Crippen molar-refractivity contribution in [2.45, 2.75) is 37.8 Å². The number of carbonyl (C=O) groups excluding carboxylic acids is 3. The lowest BCUT2D eigenvalue weighted by atomic mass is 9.87. The van der Waals surface area contributed by atoms with E-state index in [9.17, 15) is 14.4 Å². The average molecular weight is 431 g/mol. The van der Waals surface area contributed by atoms with Crippen LogP contribution in [0.15, 0.2) is 54.7 Å². The summed E-state index contributed by atoms with van der Waals surface area (Å²) in [5.41, 5.74) is 4.37. The smallest absolute Gasteiger partial charge is 0.325 e. The van der Waals surface area contributed by atoms with E-state index in [0.717, 1.165) is 46.2 Å². The molecule has 2 atom stereocenters. The van der Waals surface area contributed by atoms with E-state index < -0.39 is 12.1 Å². The quantitative estimate of drug-likeness (QED) is 0.610. The van der Waals surface area contributed by atoms with Gasteiger partial charge in [-0.05, 0) is 42.0 Å². The number of H-pyrrole nitrogens is 1. The Hall–Kier alpha value is -3.61. The van der Waals surface area contributed by atoms with Crippen molar-refractivity contribution in [3.05, 3.63) is 71.4 Å². The fourth-order valence-electron chi connectivity index (χ4n) is 4.94. The molecule has 3 aromatic rings. The van der Waals surface area contributed by atoms with Crippen LogP contribution < -0.4 is 5.32 Å². The highest BCUT2D eigenvalue weighted by molar-refractivity contribution is 6.06. The lowest BCUT2D eigenvalue weighted by Crippen LogP contribution is -2.43. The third-order valence-electron chi connectivity index (χ3n) is 6.70. The molecule has 0 radical (unpaired) electrons. The highest BCUT2D eigenvalue weighted by atomic mass is 16.2. The monoisotopic (exact) mass is 430 g/mol. The molecule has 0 unspecified atom stereocenters. The van der Waals surface area contributed by atoms with Crippen LogP contribution in [-0.2, 0) is 22.4 Å². The molecule has 2 N–H and O–H groups in total. The van der Waals surface area contributed by atoms with Crippen molar-refractivity contribution in [2.24, 2.45) is 0 Å². The van der Waals surface area contributed by atoms with Crippen molar-refractivity contribution in [3.63, 3.8) is 0 Å². The number of likely N-dealkylation sites (N-methyl/N-ethyl adjacent to an activating group) is 1. The highest BCUT2D eigenvalue weighted by Gasteiger charge is 2.40. The first-order valence-corrected chi connectivity index (χ1v) is 11.0. The van der Waals surface area contributed by atoms with Gasteiger partial charge in [0.2, 0.25) is 5.91 Å². The van der Waals surface area contributed by atoms with Gasteiger partial charge in [-0.1, -0.05) is 42.5 Å². The number of amides is 4. The summed E-state index contributed by atoms with van der Waals surface area (Å²) in [6.45, 7) is -0.246. The van der Waals surface area contributed by atoms with Crippen molar-refractivity contribution in [2.75, 3.05) is 13.6 Å². The van der Waals surface area contributed by atoms with Crippen LogP contribution in [0.2, 0.25) is 0 Å². The molecule has 1 saturated heterocycles. The number of nitrogens with one attached hydrogen (secondary N) is 2. The predicted molar refractivity (Wildman–Crippen MR) is 121 cm³/mol. The number of fused-ring (bicyclic) bond motifs is 2. The summed E-state index contributed by atoms with van der Waals surface area (Å²) in [6.07, 6.45) is 5.15. The van der Waals surface area contributed by atoms with Crippen LogP contribution in [0.1, 0.15) is 35.6 Å². The van der Waals surface area contributed by atoms with Crippen LogP contribution in [0.5, 0.6) is 0 Å². The SMILES string of the molecule is CN(C(=O)CN1C(=O)N[C@@H](Cc2c[nH]c3ccccc23)C1=O)[C@H]1CCCc2ccccc21. The van der Waals surface area contributed by atoms with E-state index in [0.29, 0.717) is 6.42 Å². The van der Waals surface area contributed by atoms with E-state index in [4.69, 9.17) is 0 Å². The van der Waals surface area contributed by atoms with E-state index in [2.05, 4.69) is 22.4 Å². The van der Waals surface area contributed by atoms with Crippen LogP contribution in [0.3, 0.4) is 0 Å². The zero-order valence-electron chi connectivity index (χ0n) is 18.0. The van der Waals surface area contributed by atoms with Crippen LogP contribution in [-0.4, -0.2) is 52.3 Å². The summed E-state index contributed by atoms with van der Waals surface area (Å²) in [7, 11) is 1.76. The molecule has 2 aromatic carbocycles. The minimum absolute atomic E-state index is 0.0322. The maximum atomic E-state index is 13.0. The lowest BCUT2D eigenvalue weighted by molar-refractivity contribution is -0.138. The third-order valence-corrected chi connectivity index (χ3v) is 6.70. The average Bonchev–Trinajstić information content (AvgIpc) is 3.34. The molecule has 0 saturated carbocycles. The summed E-state index contributed by atoms with van der Waals surface area (Å²) in [5.74, 6) is -0.589. The van der Waals surface area contributed by atoms with Gasteiger partial charge in [0.15, 0.2) is 0 Å². The van der Waals surface area contributed by atoms with Gasteiger partial charge in [0.25, 0.3) is 5.91 Å². The minimum Gasteiger partial charge on any atom is -0.361 e. The van der Waals surface area contributed by atoms with Crippen molar-refractivity contribution in [1.82, 2.24) is 20.1 Å². The topological polar surface area (TPSA) is 85.5 Å². The number of imide groups is 1. The zero-order valence-corrected chi connectivity index (χ0v) is 18.0. The predicted octanol–water partition coefficient (Wildman–Crippen LogP) is 3.17. The number of aromatic nitrogens is 1. The molecule has 4 amide bonds. The van der Waals surface area contributed by atoms with Crippen LogP contribution in [0, 0.1) is 0 Å². The Labute approximate surface area is 186 Å². The summed E-state index contributed by atoms with van der Waals surface area (Å²) in [6, 6.07) is 14.8. The Balaban J connectivity index is 1.28. The van der Waals surface area contributed by atoms with Crippen LogP contribution >= 0.6 is 0 Å². The normalized spacial score (nSPS) is 20.3. The fourth-order valence-corrected chi connectivity index (χ4v) is 4.94. The number of aryl methyl sites for hydroxylation is 1. The number of rotatable bonds is 5. The highest BCUT2D eigenvalue weighted by Crippen LogP contribution is 2.33. The molecule has 1 aliphatic carbocycles. The van der Waals surface area contributed by atoms with Gasteiger partial charge < -0.3 is 15.2 Å². The first-order chi connectivity index (χ1) is 15.5. The molecule has 1 fully saturated rings. The molecule has 2 aliphatic rings. The molecular weight excluding hydrogens is 404 g/mol.